The summed E-state index contributed by atoms with van der Waals surface area (Å²) in [7, 11) is 0. The van der Waals surface area contributed by atoms with Gasteiger partial charge in [-0.15, -0.1) is 0 Å². The number of nitrogens with zero attached hydrogens (tertiary/aromatic N) is 3. The lowest BCUT2D eigenvalue weighted by atomic mass is 10.1. The molecule has 0 spiro atoms. The van der Waals surface area contributed by atoms with E-state index < -0.39 is 0 Å². The molecule has 1 aliphatic rings. The molecule has 1 aromatic heterocycles. The Morgan fingerprint density at radius 1 is 1.40 bits per heavy atom. The van der Waals surface area contributed by atoms with Crippen LogP contribution >= 0.6 is 0 Å². The number of nitrogens with two attached hydrogens (primary N) is 1. The van der Waals surface area contributed by atoms with E-state index in [9.17, 15) is 0 Å². The molecule has 3 N–H and O–H groups in total. The molecule has 5 heteroatoms. The minimum Gasteiger partial charge on any atom is -0.368 e. The van der Waals surface area contributed by atoms with E-state index in [1.807, 2.05) is 6.07 Å². The molecule has 1 fully saturated rings. The van der Waals surface area contributed by atoms with Gasteiger partial charge in [-0.25, -0.2) is 4.98 Å². The van der Waals surface area contributed by atoms with Crippen molar-refractivity contribution in [3.63, 3.8) is 0 Å². The fraction of sp³-hybridized carbons (Fsp3) is 0.600. The second-order valence-electron chi connectivity index (χ2n) is 4.15. The highest BCUT2D eigenvalue weighted by molar-refractivity contribution is 5.41. The first-order valence-electron chi connectivity index (χ1n) is 5.24. The molecule has 2 atom stereocenters. The quantitative estimate of drug-likeness (QED) is 0.690. The smallest absolute Gasteiger partial charge is 0.221 e. The molecule has 15 heavy (non-hydrogen) atoms. The Labute approximate surface area is 89.7 Å². The number of hydrogen-bond donors (Lipinski definition) is 2. The molecule has 0 bridgehead atoms. The van der Waals surface area contributed by atoms with Gasteiger partial charge in [0, 0.05) is 31.4 Å². The Balaban J connectivity index is 2.16. The van der Waals surface area contributed by atoms with E-state index in [-0.39, 0.29) is 0 Å². The lowest BCUT2D eigenvalue weighted by molar-refractivity contribution is 0.405. The highest BCUT2D eigenvalue weighted by atomic mass is 15.3. The van der Waals surface area contributed by atoms with Crippen molar-refractivity contribution in [3.05, 3.63) is 12.3 Å². The third-order valence-corrected chi connectivity index (χ3v) is 2.54. The number of nitrogen functional groups attached to an aromatic ring is 1. The number of piperazine rings is 1. The molecule has 1 aliphatic heterocycles. The average molecular weight is 207 g/mol. The Morgan fingerprint density at radius 3 is 2.67 bits per heavy atom. The van der Waals surface area contributed by atoms with E-state index in [4.69, 9.17) is 5.73 Å². The molecular weight excluding hydrogens is 190 g/mol. The van der Waals surface area contributed by atoms with Crippen LogP contribution in [0.25, 0.3) is 0 Å². The van der Waals surface area contributed by atoms with Gasteiger partial charge in [0.05, 0.1) is 0 Å². The third kappa shape index (κ3) is 2.36. The summed E-state index contributed by atoms with van der Waals surface area (Å²) in [5.41, 5.74) is 5.57. The van der Waals surface area contributed by atoms with Crippen LogP contribution in [0.3, 0.4) is 0 Å². The van der Waals surface area contributed by atoms with Gasteiger partial charge < -0.3 is 16.0 Å². The van der Waals surface area contributed by atoms with Crippen LogP contribution in [0.4, 0.5) is 11.8 Å². The maximum Gasteiger partial charge on any atom is 0.221 e. The molecule has 0 radical (unpaired) electrons. The Kier molecular flexibility index (Phi) is 2.73. The number of anilines is 2. The van der Waals surface area contributed by atoms with Crippen LogP contribution in [-0.2, 0) is 0 Å². The number of aromatic nitrogens is 2. The second kappa shape index (κ2) is 4.02. The molecule has 0 aliphatic carbocycles. The van der Waals surface area contributed by atoms with Crippen molar-refractivity contribution in [2.45, 2.75) is 25.9 Å². The van der Waals surface area contributed by atoms with Crippen LogP contribution < -0.4 is 16.0 Å². The van der Waals surface area contributed by atoms with E-state index in [1.54, 1.807) is 6.20 Å². The highest BCUT2D eigenvalue weighted by Crippen LogP contribution is 2.14. The van der Waals surface area contributed by atoms with E-state index in [0.717, 1.165) is 18.9 Å². The summed E-state index contributed by atoms with van der Waals surface area (Å²) >= 11 is 0. The van der Waals surface area contributed by atoms with Gasteiger partial charge in [0.2, 0.25) is 5.95 Å². The summed E-state index contributed by atoms with van der Waals surface area (Å²) in [6.07, 6.45) is 1.70. The third-order valence-electron chi connectivity index (χ3n) is 2.54. The Bertz CT molecular complexity index is 330. The number of rotatable bonds is 1. The monoisotopic (exact) mass is 207 g/mol. The lowest BCUT2D eigenvalue weighted by Crippen LogP contribution is -2.54. The minimum absolute atomic E-state index is 0.339. The fourth-order valence-electron chi connectivity index (χ4n) is 2.05. The van der Waals surface area contributed by atoms with Gasteiger partial charge >= 0.3 is 0 Å². The summed E-state index contributed by atoms with van der Waals surface area (Å²) in [5.74, 6) is 1.26. The largest absolute Gasteiger partial charge is 0.368 e. The van der Waals surface area contributed by atoms with Crippen molar-refractivity contribution < 1.29 is 0 Å². The minimum atomic E-state index is 0.339. The van der Waals surface area contributed by atoms with Gasteiger partial charge in [-0.2, -0.15) is 4.98 Å². The molecule has 5 nitrogen and oxygen atoms in total. The van der Waals surface area contributed by atoms with E-state index in [1.165, 1.54) is 0 Å². The van der Waals surface area contributed by atoms with Crippen molar-refractivity contribution in [3.8, 4) is 0 Å². The molecular formula is C10H17N5. The Hall–Kier alpha value is -1.36. The van der Waals surface area contributed by atoms with Crippen molar-refractivity contribution in [1.82, 2.24) is 15.3 Å². The topological polar surface area (TPSA) is 67.1 Å². The SMILES string of the molecule is C[C@@H]1CN(c2ccnc(N)n2)C[C@H](C)N1. The maximum absolute atomic E-state index is 5.57. The summed E-state index contributed by atoms with van der Waals surface area (Å²) < 4.78 is 0. The fourth-order valence-corrected chi connectivity index (χ4v) is 2.05. The molecule has 0 amide bonds. The van der Waals surface area contributed by atoms with Gasteiger partial charge in [0.15, 0.2) is 0 Å². The van der Waals surface area contributed by atoms with E-state index in [0.29, 0.717) is 18.0 Å². The lowest BCUT2D eigenvalue weighted by Gasteiger charge is -2.36. The summed E-state index contributed by atoms with van der Waals surface area (Å²) in [6.45, 7) is 6.27. The van der Waals surface area contributed by atoms with Crippen LogP contribution in [-0.4, -0.2) is 35.1 Å². The van der Waals surface area contributed by atoms with Crippen molar-refractivity contribution >= 4 is 11.8 Å². The molecule has 2 heterocycles. The van der Waals surface area contributed by atoms with Crippen LogP contribution in [0.5, 0.6) is 0 Å². The normalized spacial score (nSPS) is 26.7. The first-order chi connectivity index (χ1) is 7.15. The molecule has 0 saturated carbocycles. The molecule has 0 aromatic carbocycles. The van der Waals surface area contributed by atoms with Crippen molar-refractivity contribution in [2.75, 3.05) is 23.7 Å². The number of hydrogen-bond acceptors (Lipinski definition) is 5. The van der Waals surface area contributed by atoms with Crippen molar-refractivity contribution in [2.24, 2.45) is 0 Å². The van der Waals surface area contributed by atoms with Gasteiger partial charge in [0.25, 0.3) is 0 Å². The first kappa shape index (κ1) is 10.2. The van der Waals surface area contributed by atoms with Gasteiger partial charge in [0.1, 0.15) is 5.82 Å². The molecule has 2 rings (SSSR count). The molecule has 0 unspecified atom stereocenters. The standard InChI is InChI=1S/C10H17N5/c1-7-5-15(6-8(2)13-7)9-3-4-12-10(11)14-9/h3-4,7-8,13H,5-6H2,1-2H3,(H2,11,12,14)/t7-,8+. The predicted octanol–water partition coefficient (Wildman–Crippen LogP) is 0.245. The van der Waals surface area contributed by atoms with Crippen LogP contribution in [0.15, 0.2) is 12.3 Å². The molecule has 1 aromatic rings. The summed E-state index contributed by atoms with van der Waals surface area (Å²) in [4.78, 5) is 10.4. The number of nitrogens with one attached hydrogen (secondary N) is 1. The van der Waals surface area contributed by atoms with Gasteiger partial charge in [-0.05, 0) is 19.9 Å². The zero-order valence-electron chi connectivity index (χ0n) is 9.14. The molecule has 1 saturated heterocycles. The summed E-state index contributed by atoms with van der Waals surface area (Å²) in [5, 5.41) is 3.48. The predicted molar refractivity (Wildman–Crippen MR) is 60.7 cm³/mol. The Morgan fingerprint density at radius 2 is 2.07 bits per heavy atom. The van der Waals surface area contributed by atoms with E-state index >= 15 is 0 Å². The summed E-state index contributed by atoms with van der Waals surface area (Å²) in [6, 6.07) is 2.86. The van der Waals surface area contributed by atoms with E-state index in [2.05, 4.69) is 34.0 Å². The second-order valence-corrected chi connectivity index (χ2v) is 4.15. The zero-order chi connectivity index (χ0) is 10.8. The van der Waals surface area contributed by atoms with Crippen LogP contribution in [0.2, 0.25) is 0 Å². The molecule has 82 valence electrons. The van der Waals surface area contributed by atoms with Crippen LogP contribution in [0.1, 0.15) is 13.8 Å². The maximum atomic E-state index is 5.57. The van der Waals surface area contributed by atoms with Gasteiger partial charge in [-0.1, -0.05) is 0 Å². The average Bonchev–Trinajstić information content (AvgIpc) is 2.16. The van der Waals surface area contributed by atoms with Gasteiger partial charge in [-0.3, -0.25) is 0 Å². The first-order valence-corrected chi connectivity index (χ1v) is 5.24. The highest BCUT2D eigenvalue weighted by Gasteiger charge is 2.21. The van der Waals surface area contributed by atoms with Crippen molar-refractivity contribution in [1.29, 1.82) is 0 Å². The zero-order valence-corrected chi connectivity index (χ0v) is 9.14. The van der Waals surface area contributed by atoms with Crippen LogP contribution in [0, 0.1) is 0 Å².